The monoisotopic (exact) mass is 339 g/mol. The van der Waals surface area contributed by atoms with Crippen LogP contribution in [0.25, 0.3) is 0 Å². The van der Waals surface area contributed by atoms with Gasteiger partial charge >= 0.3 is 0 Å². The van der Waals surface area contributed by atoms with Crippen LogP contribution in [0.4, 0.5) is 5.95 Å². The molecule has 2 fully saturated rings. The third-order valence-corrected chi connectivity index (χ3v) is 4.81. The molecule has 1 aliphatic carbocycles. The summed E-state index contributed by atoms with van der Waals surface area (Å²) in [6.07, 6.45) is 2.76. The van der Waals surface area contributed by atoms with Gasteiger partial charge in [0.1, 0.15) is 0 Å². The van der Waals surface area contributed by atoms with Crippen LogP contribution in [-0.2, 0) is 0 Å². The maximum atomic E-state index is 12.2. The van der Waals surface area contributed by atoms with Crippen LogP contribution in [-0.4, -0.2) is 46.1 Å². The Balaban J connectivity index is 1.33. The summed E-state index contributed by atoms with van der Waals surface area (Å²) < 4.78 is 0. The maximum absolute atomic E-state index is 12.2. The number of rotatable bonds is 4. The van der Waals surface area contributed by atoms with Gasteiger partial charge in [0, 0.05) is 48.9 Å². The lowest BCUT2D eigenvalue weighted by molar-refractivity contribution is 0.0705. The highest BCUT2D eigenvalue weighted by Crippen LogP contribution is 2.46. The first-order valence-electron chi connectivity index (χ1n) is 8.04. The number of hydrogen-bond donors (Lipinski definition) is 3. The molecule has 1 saturated carbocycles. The van der Waals surface area contributed by atoms with Gasteiger partial charge in [0.25, 0.3) is 11.8 Å². The van der Waals surface area contributed by atoms with Gasteiger partial charge in [-0.2, -0.15) is 0 Å². The van der Waals surface area contributed by atoms with Crippen LogP contribution in [0.5, 0.6) is 0 Å². The van der Waals surface area contributed by atoms with Gasteiger partial charge in [-0.3, -0.25) is 14.8 Å². The van der Waals surface area contributed by atoms with Crippen LogP contribution in [0.3, 0.4) is 0 Å². The second-order valence-electron chi connectivity index (χ2n) is 6.31. The summed E-state index contributed by atoms with van der Waals surface area (Å²) in [7, 11) is 0. The molecule has 0 spiro atoms. The van der Waals surface area contributed by atoms with E-state index in [-0.39, 0.29) is 17.5 Å². The Bertz CT molecular complexity index is 784. The molecule has 1 saturated heterocycles. The number of carbonyl (C=O) groups is 2. The smallest absolute Gasteiger partial charge is 0.277 e. The molecular formula is C17H17N5O3. The van der Waals surface area contributed by atoms with Crippen molar-refractivity contribution in [2.24, 2.45) is 11.8 Å². The average Bonchev–Trinajstić information content (AvgIpc) is 3.10. The molecule has 128 valence electrons. The molecule has 2 atom stereocenters. The largest absolute Gasteiger partial charge is 0.349 e. The minimum absolute atomic E-state index is 0.0397. The summed E-state index contributed by atoms with van der Waals surface area (Å²) in [4.78, 5) is 33.9. The Morgan fingerprint density at radius 1 is 1.00 bits per heavy atom. The van der Waals surface area contributed by atoms with Gasteiger partial charge in [-0.05, 0) is 12.1 Å². The van der Waals surface area contributed by atoms with E-state index in [1.165, 1.54) is 12.4 Å². The number of fused-ring (bicyclic) bond motifs is 1. The first-order valence-corrected chi connectivity index (χ1v) is 8.04. The van der Waals surface area contributed by atoms with E-state index in [1.54, 1.807) is 17.6 Å². The summed E-state index contributed by atoms with van der Waals surface area (Å²) in [5, 5.41) is 11.7. The predicted molar refractivity (Wildman–Crippen MR) is 88.2 cm³/mol. The van der Waals surface area contributed by atoms with Gasteiger partial charge in [-0.25, -0.2) is 15.4 Å². The standard InChI is InChI=1S/C17H17N5O3/c23-15(10-4-2-1-3-5-10)20-14-12-8-22(9-13(12)14)17-18-6-11(7-19-17)16(24)21-25/h1-7,12-14,25H,8-9H2,(H,20,23)(H,21,24). The lowest BCUT2D eigenvalue weighted by Gasteiger charge is -2.20. The highest BCUT2D eigenvalue weighted by Gasteiger charge is 2.57. The maximum Gasteiger partial charge on any atom is 0.277 e. The number of aromatic nitrogens is 2. The summed E-state index contributed by atoms with van der Waals surface area (Å²) in [6, 6.07) is 9.39. The fraction of sp³-hybridized carbons (Fsp3) is 0.294. The molecule has 2 aliphatic rings. The van der Waals surface area contributed by atoms with Crippen molar-refractivity contribution in [2.45, 2.75) is 6.04 Å². The van der Waals surface area contributed by atoms with E-state index >= 15 is 0 Å². The van der Waals surface area contributed by atoms with Crippen molar-refractivity contribution in [1.82, 2.24) is 20.8 Å². The van der Waals surface area contributed by atoms with E-state index in [1.807, 2.05) is 23.1 Å². The third-order valence-electron chi connectivity index (χ3n) is 4.81. The van der Waals surface area contributed by atoms with Crippen LogP contribution in [0.15, 0.2) is 42.7 Å². The Labute approximate surface area is 143 Å². The van der Waals surface area contributed by atoms with Gasteiger partial charge in [-0.1, -0.05) is 18.2 Å². The molecule has 2 heterocycles. The number of nitrogens with zero attached hydrogens (tertiary/aromatic N) is 3. The molecule has 4 rings (SSSR count). The molecule has 1 aliphatic heterocycles. The highest BCUT2D eigenvalue weighted by molar-refractivity contribution is 5.94. The lowest BCUT2D eigenvalue weighted by atomic mass is 10.2. The van der Waals surface area contributed by atoms with Crippen molar-refractivity contribution < 1.29 is 14.8 Å². The van der Waals surface area contributed by atoms with Gasteiger partial charge in [0.2, 0.25) is 5.95 Å². The number of piperidine rings is 1. The minimum atomic E-state index is -0.639. The molecule has 1 aromatic carbocycles. The Hall–Kier alpha value is -3.00. The molecule has 8 heteroatoms. The highest BCUT2D eigenvalue weighted by atomic mass is 16.5. The summed E-state index contributed by atoms with van der Waals surface area (Å²) in [5.74, 6) is 0.671. The average molecular weight is 339 g/mol. The van der Waals surface area contributed by atoms with Gasteiger partial charge in [0.05, 0.1) is 5.56 Å². The number of nitrogens with one attached hydrogen (secondary N) is 2. The normalized spacial score (nSPS) is 23.7. The Morgan fingerprint density at radius 2 is 1.64 bits per heavy atom. The van der Waals surface area contributed by atoms with Gasteiger partial charge in [0.15, 0.2) is 0 Å². The SMILES string of the molecule is O=C(NO)c1cnc(N2CC3C(C2)C3NC(=O)c2ccccc2)nc1. The van der Waals surface area contributed by atoms with Gasteiger partial charge < -0.3 is 10.2 Å². The van der Waals surface area contributed by atoms with E-state index < -0.39 is 5.91 Å². The fourth-order valence-electron chi connectivity index (χ4n) is 3.39. The predicted octanol–water partition coefficient (Wildman–Crippen LogP) is 0.460. The summed E-state index contributed by atoms with van der Waals surface area (Å²) >= 11 is 0. The van der Waals surface area contributed by atoms with E-state index in [0.29, 0.717) is 23.3 Å². The topological polar surface area (TPSA) is 107 Å². The van der Waals surface area contributed by atoms with Crippen molar-refractivity contribution in [3.63, 3.8) is 0 Å². The summed E-state index contributed by atoms with van der Waals surface area (Å²) in [5.41, 5.74) is 2.42. The van der Waals surface area contributed by atoms with Crippen LogP contribution >= 0.6 is 0 Å². The molecular weight excluding hydrogens is 322 g/mol. The van der Waals surface area contributed by atoms with Gasteiger partial charge in [-0.15, -0.1) is 0 Å². The van der Waals surface area contributed by atoms with Crippen molar-refractivity contribution in [3.05, 3.63) is 53.9 Å². The Kier molecular flexibility index (Phi) is 3.81. The summed E-state index contributed by atoms with van der Waals surface area (Å²) in [6.45, 7) is 1.55. The fourth-order valence-corrected chi connectivity index (χ4v) is 3.39. The van der Waals surface area contributed by atoms with Crippen LogP contribution in [0, 0.1) is 11.8 Å². The van der Waals surface area contributed by atoms with Crippen LogP contribution in [0.2, 0.25) is 0 Å². The van der Waals surface area contributed by atoms with Crippen molar-refractivity contribution >= 4 is 17.8 Å². The minimum Gasteiger partial charge on any atom is -0.349 e. The molecule has 1 aromatic heterocycles. The molecule has 3 N–H and O–H groups in total. The number of hydrogen-bond acceptors (Lipinski definition) is 6. The zero-order valence-corrected chi connectivity index (χ0v) is 13.3. The zero-order valence-electron chi connectivity index (χ0n) is 13.3. The Morgan fingerprint density at radius 3 is 2.24 bits per heavy atom. The molecule has 25 heavy (non-hydrogen) atoms. The number of hydroxylamine groups is 1. The first-order chi connectivity index (χ1) is 12.2. The van der Waals surface area contributed by atoms with E-state index in [2.05, 4.69) is 15.3 Å². The van der Waals surface area contributed by atoms with E-state index in [4.69, 9.17) is 5.21 Å². The second-order valence-corrected chi connectivity index (χ2v) is 6.31. The number of amides is 2. The third kappa shape index (κ3) is 2.91. The molecule has 0 radical (unpaired) electrons. The second kappa shape index (κ2) is 6.14. The van der Waals surface area contributed by atoms with E-state index in [9.17, 15) is 9.59 Å². The molecule has 8 nitrogen and oxygen atoms in total. The lowest BCUT2D eigenvalue weighted by Crippen LogP contribution is -2.35. The number of carbonyl (C=O) groups excluding carboxylic acids is 2. The van der Waals surface area contributed by atoms with Crippen molar-refractivity contribution in [1.29, 1.82) is 0 Å². The number of anilines is 1. The van der Waals surface area contributed by atoms with E-state index in [0.717, 1.165) is 13.1 Å². The zero-order chi connectivity index (χ0) is 17.4. The van der Waals surface area contributed by atoms with Crippen molar-refractivity contribution in [3.8, 4) is 0 Å². The molecule has 2 aromatic rings. The molecule has 0 bridgehead atoms. The van der Waals surface area contributed by atoms with Crippen LogP contribution < -0.4 is 15.7 Å². The molecule has 2 unspecified atom stereocenters. The first kappa shape index (κ1) is 15.5. The quantitative estimate of drug-likeness (QED) is 0.552. The number of benzene rings is 1. The van der Waals surface area contributed by atoms with Crippen LogP contribution in [0.1, 0.15) is 20.7 Å². The van der Waals surface area contributed by atoms with Crippen molar-refractivity contribution in [2.75, 3.05) is 18.0 Å². The molecule has 2 amide bonds.